The molecule has 10 nitrogen and oxygen atoms in total. The average molecular weight is 573 g/mol. The van der Waals surface area contributed by atoms with Crippen LogP contribution < -0.4 is 10.3 Å². The summed E-state index contributed by atoms with van der Waals surface area (Å²) in [7, 11) is 0. The molecule has 1 fully saturated rings. The van der Waals surface area contributed by atoms with E-state index in [2.05, 4.69) is 10.5 Å². The topological polar surface area (TPSA) is 142 Å². The van der Waals surface area contributed by atoms with Gasteiger partial charge in [0.2, 0.25) is 11.8 Å². The van der Waals surface area contributed by atoms with Gasteiger partial charge in [0.1, 0.15) is 0 Å². The number of amides is 3. The molecule has 1 heterocycles. The highest BCUT2D eigenvalue weighted by molar-refractivity contribution is 6.25. The molecular weight excluding hydrogens is 548 g/mol. The van der Waals surface area contributed by atoms with E-state index in [1.54, 1.807) is 30.3 Å². The number of rotatable bonds is 6. The molecule has 4 aromatic rings. The van der Waals surface area contributed by atoms with Crippen molar-refractivity contribution in [3.63, 3.8) is 0 Å². The first-order valence-electron chi connectivity index (χ1n) is 13.7. The maximum Gasteiger partial charge on any atom is 0.273 e. The van der Waals surface area contributed by atoms with Crippen LogP contribution in [0, 0.1) is 22.0 Å². The summed E-state index contributed by atoms with van der Waals surface area (Å²) >= 11 is 0. The van der Waals surface area contributed by atoms with Gasteiger partial charge in [0.25, 0.3) is 11.6 Å². The summed E-state index contributed by atoms with van der Waals surface area (Å²) < 4.78 is 0. The van der Waals surface area contributed by atoms with E-state index in [0.717, 1.165) is 27.2 Å². The Hall–Kier alpha value is -5.48. The zero-order chi connectivity index (χ0) is 29.9. The quantitative estimate of drug-likeness (QED) is 0.155. The van der Waals surface area contributed by atoms with Crippen molar-refractivity contribution in [2.24, 2.45) is 16.9 Å². The molecule has 8 rings (SSSR count). The van der Waals surface area contributed by atoms with Crippen LogP contribution >= 0.6 is 0 Å². The van der Waals surface area contributed by atoms with Gasteiger partial charge in [0, 0.05) is 24.3 Å². The number of hydrogen-bond acceptors (Lipinski definition) is 7. The molecular formula is C33H24N4O6. The van der Waals surface area contributed by atoms with Gasteiger partial charge in [-0.1, -0.05) is 78.9 Å². The number of aliphatic hydroxyl groups is 1. The molecule has 1 aliphatic heterocycles. The van der Waals surface area contributed by atoms with Crippen molar-refractivity contribution >= 4 is 35.3 Å². The summed E-state index contributed by atoms with van der Waals surface area (Å²) in [5.41, 5.74) is 5.08. The number of anilines is 1. The molecule has 0 unspecified atom stereocenters. The number of nitrogens with zero attached hydrogens (tertiary/aromatic N) is 3. The van der Waals surface area contributed by atoms with Gasteiger partial charge >= 0.3 is 0 Å². The van der Waals surface area contributed by atoms with Crippen LogP contribution in [0.2, 0.25) is 0 Å². The third-order valence-electron chi connectivity index (χ3n) is 8.81. The van der Waals surface area contributed by atoms with E-state index in [9.17, 15) is 29.6 Å². The number of aliphatic hydroxyl groups excluding tert-OH is 1. The van der Waals surface area contributed by atoms with Gasteiger partial charge in [-0.25, -0.2) is 10.3 Å². The maximum absolute atomic E-state index is 14.4. The van der Waals surface area contributed by atoms with Crippen molar-refractivity contribution in [3.8, 4) is 0 Å². The van der Waals surface area contributed by atoms with Gasteiger partial charge in [-0.3, -0.25) is 24.5 Å². The Bertz CT molecular complexity index is 1790. The van der Waals surface area contributed by atoms with Crippen LogP contribution in [0.3, 0.4) is 0 Å². The van der Waals surface area contributed by atoms with Crippen molar-refractivity contribution in [1.29, 1.82) is 0 Å². The van der Waals surface area contributed by atoms with Gasteiger partial charge < -0.3 is 5.11 Å². The van der Waals surface area contributed by atoms with E-state index in [1.807, 2.05) is 48.5 Å². The molecule has 3 aliphatic carbocycles. The second-order valence-corrected chi connectivity index (χ2v) is 10.9. The fraction of sp³-hybridized carbons (Fsp3) is 0.152. The van der Waals surface area contributed by atoms with Gasteiger partial charge in [-0.05, 0) is 39.9 Å². The van der Waals surface area contributed by atoms with E-state index in [1.165, 1.54) is 30.5 Å². The first kappa shape index (κ1) is 26.4. The Morgan fingerprint density at radius 2 is 1.47 bits per heavy atom. The number of benzene rings is 4. The molecule has 212 valence electrons. The van der Waals surface area contributed by atoms with Gasteiger partial charge in [-0.2, -0.15) is 5.10 Å². The Balaban J connectivity index is 1.35. The molecule has 3 atom stereocenters. The average Bonchev–Trinajstić information content (AvgIpc) is 3.31. The van der Waals surface area contributed by atoms with Crippen LogP contribution in [-0.4, -0.2) is 34.0 Å². The van der Waals surface area contributed by atoms with Crippen molar-refractivity contribution < 1.29 is 24.4 Å². The second kappa shape index (κ2) is 9.81. The van der Waals surface area contributed by atoms with E-state index in [4.69, 9.17) is 0 Å². The second-order valence-electron chi connectivity index (χ2n) is 10.9. The normalized spacial score (nSPS) is 23.9. The van der Waals surface area contributed by atoms with E-state index in [-0.39, 0.29) is 11.4 Å². The number of nitro groups is 1. The lowest BCUT2D eigenvalue weighted by Crippen LogP contribution is -2.54. The highest BCUT2D eigenvalue weighted by atomic mass is 16.6. The zero-order valence-corrected chi connectivity index (χ0v) is 22.5. The van der Waals surface area contributed by atoms with Crippen LogP contribution in [0.5, 0.6) is 0 Å². The Kier molecular flexibility index (Phi) is 6.03. The molecule has 4 aromatic carbocycles. The van der Waals surface area contributed by atoms with Crippen molar-refractivity contribution in [1.82, 2.24) is 5.43 Å². The van der Waals surface area contributed by atoms with Crippen molar-refractivity contribution in [2.45, 2.75) is 17.4 Å². The first-order valence-corrected chi connectivity index (χ1v) is 13.7. The molecule has 3 amide bonds. The summed E-state index contributed by atoms with van der Waals surface area (Å²) in [6, 6.07) is 29.0. The van der Waals surface area contributed by atoms with Gasteiger partial charge in [0.15, 0.2) is 6.10 Å². The number of carbonyl (C=O) groups excluding carboxylic acids is 3. The number of hydrogen-bond donors (Lipinski definition) is 2. The molecule has 10 heteroatoms. The summed E-state index contributed by atoms with van der Waals surface area (Å²) in [6.45, 7) is 0. The zero-order valence-electron chi connectivity index (χ0n) is 22.5. The minimum Gasteiger partial charge on any atom is -0.378 e. The number of nitrogens with one attached hydrogen (secondary N) is 1. The summed E-state index contributed by atoms with van der Waals surface area (Å²) in [6.07, 6.45) is 0.0512. The molecule has 0 radical (unpaired) electrons. The lowest BCUT2D eigenvalue weighted by Gasteiger charge is -2.52. The lowest BCUT2D eigenvalue weighted by molar-refractivity contribution is -0.384. The standard InChI is InChI=1S/C33H24N4O6/c38-29(19-8-2-1-3-9-19)30(39)35-34-18-33-24-12-6-4-10-22(24)26(23-11-5-7-13-25(23)33)27-28(33)32(41)36(31(27)40)20-14-16-21(17-15-20)37(42)43/h1-18,26-29,38H,(H,35,39)/b34-18-/t26?,27-,28-,29-,33?/m0/s1. The van der Waals surface area contributed by atoms with Crippen LogP contribution in [0.1, 0.15) is 39.8 Å². The minimum absolute atomic E-state index is 0.155. The molecule has 0 spiro atoms. The molecule has 0 aromatic heterocycles. The Morgan fingerprint density at radius 1 is 0.884 bits per heavy atom. The predicted molar refractivity (Wildman–Crippen MR) is 156 cm³/mol. The Labute approximate surface area is 245 Å². The fourth-order valence-corrected chi connectivity index (χ4v) is 7.07. The largest absolute Gasteiger partial charge is 0.378 e. The third kappa shape index (κ3) is 3.76. The monoisotopic (exact) mass is 572 g/mol. The number of nitro benzene ring substituents is 1. The summed E-state index contributed by atoms with van der Waals surface area (Å²) in [4.78, 5) is 53.2. The summed E-state index contributed by atoms with van der Waals surface area (Å²) in [5.74, 6) is -3.68. The predicted octanol–water partition coefficient (Wildman–Crippen LogP) is 3.98. The number of carbonyl (C=O) groups is 3. The van der Waals surface area contributed by atoms with E-state index >= 15 is 0 Å². The molecule has 1 saturated heterocycles. The van der Waals surface area contributed by atoms with Crippen LogP contribution in [0.25, 0.3) is 0 Å². The molecule has 4 aliphatic rings. The van der Waals surface area contributed by atoms with Crippen molar-refractivity contribution in [2.75, 3.05) is 4.90 Å². The molecule has 43 heavy (non-hydrogen) atoms. The van der Waals surface area contributed by atoms with E-state index in [0.29, 0.717) is 5.56 Å². The Morgan fingerprint density at radius 3 is 2.07 bits per heavy atom. The first-order chi connectivity index (χ1) is 20.8. The third-order valence-corrected chi connectivity index (χ3v) is 8.81. The summed E-state index contributed by atoms with van der Waals surface area (Å²) in [5, 5.41) is 26.1. The SMILES string of the molecule is O=C(N/N=C\C12c3ccccc3C(c3ccccc31)[C@@H]1C(=O)N(c3ccc([N+](=O)[O-])cc3)C(=O)[C@H]12)[C@@H](O)c1ccccc1. The van der Waals surface area contributed by atoms with Crippen LogP contribution in [0.4, 0.5) is 11.4 Å². The number of non-ortho nitro benzene ring substituents is 1. The molecule has 2 bridgehead atoms. The van der Waals surface area contributed by atoms with Crippen molar-refractivity contribution in [3.05, 3.63) is 141 Å². The van der Waals surface area contributed by atoms with Gasteiger partial charge in [0.05, 0.1) is 27.9 Å². The van der Waals surface area contributed by atoms with Crippen LogP contribution in [-0.2, 0) is 19.8 Å². The highest BCUT2D eigenvalue weighted by Gasteiger charge is 2.68. The maximum atomic E-state index is 14.4. The molecule has 0 saturated carbocycles. The van der Waals surface area contributed by atoms with Crippen LogP contribution in [0.15, 0.2) is 108 Å². The minimum atomic E-state index is -1.46. The van der Waals surface area contributed by atoms with E-state index < -0.39 is 51.9 Å². The van der Waals surface area contributed by atoms with Gasteiger partial charge in [-0.15, -0.1) is 0 Å². The number of imide groups is 1. The number of hydrazone groups is 1. The smallest absolute Gasteiger partial charge is 0.273 e. The molecule has 2 N–H and O–H groups in total. The highest BCUT2D eigenvalue weighted by Crippen LogP contribution is 2.63. The fourth-order valence-electron chi connectivity index (χ4n) is 7.07. The lowest BCUT2D eigenvalue weighted by atomic mass is 9.47.